The van der Waals surface area contributed by atoms with E-state index in [0.29, 0.717) is 11.1 Å². The summed E-state index contributed by atoms with van der Waals surface area (Å²) in [7, 11) is 1.65. The van der Waals surface area contributed by atoms with Crippen LogP contribution in [0.3, 0.4) is 0 Å². The third-order valence-corrected chi connectivity index (χ3v) is 5.76. The first-order chi connectivity index (χ1) is 13.7. The number of nitrogens with one attached hydrogen (secondary N) is 1. The van der Waals surface area contributed by atoms with Crippen molar-refractivity contribution in [3.05, 3.63) is 47.8 Å². The first-order valence-corrected chi connectivity index (χ1v) is 9.73. The molecule has 5 rings (SSSR count). The summed E-state index contributed by atoms with van der Waals surface area (Å²) < 4.78 is 5.41. The second kappa shape index (κ2) is 6.56. The minimum absolute atomic E-state index is 0.0315. The number of rotatable bonds is 4. The summed E-state index contributed by atoms with van der Waals surface area (Å²) in [5.74, 6) is 1.53. The summed E-state index contributed by atoms with van der Waals surface area (Å²) in [6.07, 6.45) is 5.83. The van der Waals surface area contributed by atoms with Gasteiger partial charge in [-0.15, -0.1) is 0 Å². The molecule has 6 nitrogen and oxygen atoms in total. The number of ether oxygens (including phenoxy) is 1. The van der Waals surface area contributed by atoms with Gasteiger partial charge in [-0.3, -0.25) is 15.1 Å². The molecule has 3 aromatic rings. The molecular formula is C22H22N4O2. The maximum Gasteiger partial charge on any atom is 0.198 e. The number of hydrogen-bond donors (Lipinski definition) is 1. The molecule has 0 radical (unpaired) electrons. The molecule has 0 amide bonds. The molecule has 1 N–H and O–H groups in total. The number of pyridine rings is 2. The Bertz CT molecular complexity index is 1090. The highest BCUT2D eigenvalue weighted by Gasteiger charge is 2.35. The lowest BCUT2D eigenvalue weighted by Crippen LogP contribution is -2.43. The van der Waals surface area contributed by atoms with Crippen LogP contribution in [0.25, 0.3) is 22.0 Å². The zero-order chi connectivity index (χ0) is 19.3. The average molecular weight is 374 g/mol. The Hall–Kier alpha value is -2.99. The average Bonchev–Trinajstić information content (AvgIpc) is 3.36. The molecule has 1 atom stereocenters. The van der Waals surface area contributed by atoms with Gasteiger partial charge in [-0.1, -0.05) is 0 Å². The van der Waals surface area contributed by atoms with E-state index in [1.54, 1.807) is 25.6 Å². The van der Waals surface area contributed by atoms with E-state index in [9.17, 15) is 4.79 Å². The van der Waals surface area contributed by atoms with E-state index < -0.39 is 0 Å². The highest BCUT2D eigenvalue weighted by molar-refractivity contribution is 6.27. The highest BCUT2D eigenvalue weighted by Crippen LogP contribution is 2.45. The van der Waals surface area contributed by atoms with Gasteiger partial charge in [0.25, 0.3) is 0 Å². The van der Waals surface area contributed by atoms with E-state index >= 15 is 0 Å². The molecular weight excluding hydrogens is 352 g/mol. The summed E-state index contributed by atoms with van der Waals surface area (Å²) in [5, 5.41) is 4.50. The van der Waals surface area contributed by atoms with Crippen molar-refractivity contribution in [3.8, 4) is 16.9 Å². The van der Waals surface area contributed by atoms with E-state index in [4.69, 9.17) is 9.72 Å². The Kier molecular flexibility index (Phi) is 4.02. The van der Waals surface area contributed by atoms with Gasteiger partial charge >= 0.3 is 0 Å². The van der Waals surface area contributed by atoms with Crippen LogP contribution in [0.5, 0.6) is 5.75 Å². The smallest absolute Gasteiger partial charge is 0.198 e. The fourth-order valence-electron chi connectivity index (χ4n) is 4.44. The van der Waals surface area contributed by atoms with E-state index in [1.807, 2.05) is 18.2 Å². The zero-order valence-electron chi connectivity index (χ0n) is 16.0. The van der Waals surface area contributed by atoms with Crippen molar-refractivity contribution in [2.45, 2.75) is 25.9 Å². The quantitative estimate of drug-likeness (QED) is 0.591. The van der Waals surface area contributed by atoms with Crippen molar-refractivity contribution >= 4 is 22.5 Å². The molecule has 0 saturated carbocycles. The molecule has 1 aliphatic heterocycles. The third-order valence-electron chi connectivity index (χ3n) is 5.76. The Morgan fingerprint density at radius 3 is 2.89 bits per heavy atom. The van der Waals surface area contributed by atoms with Gasteiger partial charge in [0, 0.05) is 47.1 Å². The number of carbonyl (C=O) groups is 1. The minimum atomic E-state index is 0.0315. The van der Waals surface area contributed by atoms with Gasteiger partial charge in [-0.05, 0) is 44.5 Å². The molecule has 2 aromatic heterocycles. The monoisotopic (exact) mass is 374 g/mol. The number of carbonyl (C=O) groups excluding carboxylic acids is 1. The van der Waals surface area contributed by atoms with Crippen molar-refractivity contribution in [1.29, 1.82) is 0 Å². The van der Waals surface area contributed by atoms with Gasteiger partial charge in [0.05, 0.1) is 24.4 Å². The molecule has 28 heavy (non-hydrogen) atoms. The summed E-state index contributed by atoms with van der Waals surface area (Å²) in [5.41, 5.74) is 4.04. The van der Waals surface area contributed by atoms with Gasteiger partial charge < -0.3 is 9.64 Å². The standard InChI is InChI=1S/C22H22N4O2/c1-3-26(18-5-4-9-24-18)22-20-19(16-12-23-10-8-14(16)21(20)27)15-7-6-13(28-2)11-17(15)25-22/h6-8,10-12,18,24H,3-5,9H2,1-2H3. The normalized spacial score (nSPS) is 17.6. The molecule has 0 spiro atoms. The molecule has 1 aliphatic carbocycles. The van der Waals surface area contributed by atoms with Crippen molar-refractivity contribution in [2.24, 2.45) is 0 Å². The van der Waals surface area contributed by atoms with Crippen LogP contribution in [0.15, 0.2) is 36.7 Å². The van der Waals surface area contributed by atoms with Gasteiger partial charge in [-0.2, -0.15) is 0 Å². The molecule has 3 heterocycles. The lowest BCUT2D eigenvalue weighted by molar-refractivity contribution is 0.104. The molecule has 0 bridgehead atoms. The van der Waals surface area contributed by atoms with Crippen LogP contribution in [0.2, 0.25) is 0 Å². The maximum atomic E-state index is 13.4. The minimum Gasteiger partial charge on any atom is -0.497 e. The van der Waals surface area contributed by atoms with Crippen LogP contribution in [0.1, 0.15) is 35.7 Å². The van der Waals surface area contributed by atoms with Crippen LogP contribution in [0, 0.1) is 0 Å². The van der Waals surface area contributed by atoms with E-state index in [0.717, 1.165) is 59.5 Å². The summed E-state index contributed by atoms with van der Waals surface area (Å²) in [6, 6.07) is 7.65. The van der Waals surface area contributed by atoms with Crippen LogP contribution >= 0.6 is 0 Å². The molecule has 1 fully saturated rings. The summed E-state index contributed by atoms with van der Waals surface area (Å²) >= 11 is 0. The van der Waals surface area contributed by atoms with Gasteiger partial charge in [0.2, 0.25) is 0 Å². The summed E-state index contributed by atoms with van der Waals surface area (Å²) in [6.45, 7) is 3.87. The largest absolute Gasteiger partial charge is 0.497 e. The fraction of sp³-hybridized carbons (Fsp3) is 0.318. The number of fused-ring (bicyclic) bond motifs is 5. The number of hydrogen-bond acceptors (Lipinski definition) is 6. The fourth-order valence-corrected chi connectivity index (χ4v) is 4.44. The molecule has 1 unspecified atom stereocenters. The lowest BCUT2D eigenvalue weighted by atomic mass is 10.0. The Labute approximate surface area is 163 Å². The van der Waals surface area contributed by atoms with Gasteiger partial charge in [0.15, 0.2) is 5.78 Å². The second-order valence-electron chi connectivity index (χ2n) is 7.22. The highest BCUT2D eigenvalue weighted by atomic mass is 16.5. The molecule has 1 aromatic carbocycles. The number of aromatic nitrogens is 2. The third kappa shape index (κ3) is 2.41. The Morgan fingerprint density at radius 1 is 1.25 bits per heavy atom. The zero-order valence-corrected chi connectivity index (χ0v) is 16.0. The van der Waals surface area contributed by atoms with Crippen LogP contribution in [0.4, 0.5) is 5.82 Å². The summed E-state index contributed by atoms with van der Waals surface area (Å²) in [4.78, 5) is 24.8. The number of methoxy groups -OCH3 is 1. The van der Waals surface area contributed by atoms with Crippen molar-refractivity contribution in [3.63, 3.8) is 0 Å². The first kappa shape index (κ1) is 17.1. The molecule has 142 valence electrons. The van der Waals surface area contributed by atoms with E-state index in [1.165, 1.54) is 0 Å². The van der Waals surface area contributed by atoms with Crippen molar-refractivity contribution < 1.29 is 9.53 Å². The predicted molar refractivity (Wildman–Crippen MR) is 109 cm³/mol. The number of ketones is 1. The van der Waals surface area contributed by atoms with Gasteiger partial charge in [0.1, 0.15) is 11.6 Å². The number of anilines is 1. The SMILES string of the molecule is CCN(c1nc2cc(OC)ccc2c2c1C(=O)c1ccncc1-2)C1CCCN1. The van der Waals surface area contributed by atoms with Crippen LogP contribution in [-0.4, -0.2) is 42.1 Å². The first-order valence-electron chi connectivity index (χ1n) is 9.73. The van der Waals surface area contributed by atoms with Gasteiger partial charge in [-0.25, -0.2) is 4.98 Å². The predicted octanol–water partition coefficient (Wildman–Crippen LogP) is 3.39. The molecule has 1 saturated heterocycles. The van der Waals surface area contributed by atoms with Crippen LogP contribution < -0.4 is 15.0 Å². The van der Waals surface area contributed by atoms with Crippen LogP contribution in [-0.2, 0) is 0 Å². The Morgan fingerprint density at radius 2 is 2.14 bits per heavy atom. The number of benzene rings is 1. The molecule has 6 heteroatoms. The molecule has 2 aliphatic rings. The second-order valence-corrected chi connectivity index (χ2v) is 7.22. The van der Waals surface area contributed by atoms with E-state index in [-0.39, 0.29) is 11.9 Å². The number of nitrogens with zero attached hydrogens (tertiary/aromatic N) is 3. The Balaban J connectivity index is 1.83. The van der Waals surface area contributed by atoms with Crippen molar-refractivity contribution in [2.75, 3.05) is 25.1 Å². The van der Waals surface area contributed by atoms with E-state index in [2.05, 4.69) is 22.1 Å². The topological polar surface area (TPSA) is 67.4 Å². The van der Waals surface area contributed by atoms with Crippen molar-refractivity contribution in [1.82, 2.24) is 15.3 Å². The lowest BCUT2D eigenvalue weighted by Gasteiger charge is -2.30. The maximum absolute atomic E-state index is 13.4.